The fourth-order valence-corrected chi connectivity index (χ4v) is 3.26. The molecule has 0 unspecified atom stereocenters. The van der Waals surface area contributed by atoms with Crippen molar-refractivity contribution in [2.45, 2.75) is 12.8 Å². The molecule has 0 spiro atoms. The Morgan fingerprint density at radius 1 is 1.07 bits per heavy atom. The molecule has 7 heteroatoms. The number of ether oxygens (including phenoxy) is 3. The van der Waals surface area contributed by atoms with Gasteiger partial charge in [0.15, 0.2) is 11.5 Å². The van der Waals surface area contributed by atoms with Crippen molar-refractivity contribution in [2.24, 2.45) is 0 Å². The number of benzene rings is 2. The Balaban J connectivity index is 1.78. The van der Waals surface area contributed by atoms with E-state index in [4.69, 9.17) is 14.2 Å². The average Bonchev–Trinajstić information content (AvgIpc) is 3.17. The molecule has 0 bridgehead atoms. The third kappa shape index (κ3) is 4.51. The van der Waals surface area contributed by atoms with Crippen LogP contribution in [0.3, 0.4) is 0 Å². The Morgan fingerprint density at radius 3 is 2.34 bits per heavy atom. The predicted octanol–water partition coefficient (Wildman–Crippen LogP) is 3.49. The molecule has 2 aromatic carbocycles. The molecule has 0 aliphatic carbocycles. The number of nitrogens with zero attached hydrogens (tertiary/aromatic N) is 1. The second-order valence-corrected chi connectivity index (χ2v) is 6.45. The molecular weight excluding hydrogens is 372 g/mol. The van der Waals surface area contributed by atoms with Gasteiger partial charge in [-0.2, -0.15) is 0 Å². The Labute approximate surface area is 169 Å². The van der Waals surface area contributed by atoms with Gasteiger partial charge in [0, 0.05) is 19.0 Å². The maximum atomic E-state index is 12.5. The maximum Gasteiger partial charge on any atom is 0.248 e. The van der Waals surface area contributed by atoms with Gasteiger partial charge in [-0.15, -0.1) is 0 Å². The van der Waals surface area contributed by atoms with Crippen molar-refractivity contribution in [1.82, 2.24) is 0 Å². The zero-order valence-corrected chi connectivity index (χ0v) is 16.7. The highest BCUT2D eigenvalue weighted by Crippen LogP contribution is 2.38. The molecule has 3 rings (SSSR count). The van der Waals surface area contributed by atoms with E-state index in [2.05, 4.69) is 5.32 Å². The van der Waals surface area contributed by atoms with Crippen LogP contribution in [0.2, 0.25) is 0 Å². The van der Waals surface area contributed by atoms with Gasteiger partial charge in [-0.25, -0.2) is 0 Å². The number of para-hydroxylation sites is 2. The minimum absolute atomic E-state index is 0.0691. The predicted molar refractivity (Wildman–Crippen MR) is 112 cm³/mol. The molecule has 152 valence electrons. The lowest BCUT2D eigenvalue weighted by Gasteiger charge is -2.19. The fraction of sp³-hybridized carbons (Fsp3) is 0.273. The van der Waals surface area contributed by atoms with Crippen molar-refractivity contribution in [3.05, 3.63) is 48.0 Å². The van der Waals surface area contributed by atoms with Crippen LogP contribution in [0.5, 0.6) is 17.2 Å². The van der Waals surface area contributed by atoms with Gasteiger partial charge >= 0.3 is 0 Å². The minimum atomic E-state index is -0.308. The molecule has 1 aliphatic rings. The SMILES string of the molecule is COc1cc(/C=C/C(=O)Nc2ccccc2N2CCCC2=O)cc(OC)c1OC. The molecule has 2 aromatic rings. The Morgan fingerprint density at radius 2 is 1.76 bits per heavy atom. The van der Waals surface area contributed by atoms with E-state index in [-0.39, 0.29) is 11.8 Å². The normalized spacial score (nSPS) is 13.6. The first-order valence-electron chi connectivity index (χ1n) is 9.26. The van der Waals surface area contributed by atoms with E-state index in [9.17, 15) is 9.59 Å². The number of hydrogen-bond donors (Lipinski definition) is 1. The third-order valence-corrected chi connectivity index (χ3v) is 4.64. The molecule has 29 heavy (non-hydrogen) atoms. The van der Waals surface area contributed by atoms with Crippen molar-refractivity contribution < 1.29 is 23.8 Å². The number of rotatable bonds is 7. The fourth-order valence-electron chi connectivity index (χ4n) is 3.26. The van der Waals surface area contributed by atoms with E-state index in [1.807, 2.05) is 18.2 Å². The van der Waals surface area contributed by atoms with Crippen LogP contribution in [0.25, 0.3) is 6.08 Å². The quantitative estimate of drug-likeness (QED) is 0.725. The Kier molecular flexibility index (Phi) is 6.39. The number of nitrogens with one attached hydrogen (secondary N) is 1. The molecule has 1 heterocycles. The monoisotopic (exact) mass is 396 g/mol. The van der Waals surface area contributed by atoms with E-state index in [1.54, 1.807) is 29.2 Å². The van der Waals surface area contributed by atoms with Gasteiger partial charge < -0.3 is 24.4 Å². The summed E-state index contributed by atoms with van der Waals surface area (Å²) in [5, 5.41) is 2.85. The molecule has 0 radical (unpaired) electrons. The van der Waals surface area contributed by atoms with Gasteiger partial charge in [0.05, 0.1) is 32.7 Å². The molecule has 1 N–H and O–H groups in total. The Hall–Kier alpha value is -3.48. The summed E-state index contributed by atoms with van der Waals surface area (Å²) in [6, 6.07) is 10.8. The number of anilines is 2. The van der Waals surface area contributed by atoms with Crippen molar-refractivity contribution in [3.63, 3.8) is 0 Å². The summed E-state index contributed by atoms with van der Waals surface area (Å²) < 4.78 is 16.0. The molecule has 0 atom stereocenters. The second kappa shape index (κ2) is 9.14. The van der Waals surface area contributed by atoms with Gasteiger partial charge in [-0.3, -0.25) is 9.59 Å². The largest absolute Gasteiger partial charge is 0.493 e. The minimum Gasteiger partial charge on any atom is -0.493 e. The smallest absolute Gasteiger partial charge is 0.248 e. The van der Waals surface area contributed by atoms with Gasteiger partial charge in [0.2, 0.25) is 17.6 Å². The van der Waals surface area contributed by atoms with Gasteiger partial charge in [-0.05, 0) is 42.3 Å². The lowest BCUT2D eigenvalue weighted by Crippen LogP contribution is -2.25. The van der Waals surface area contributed by atoms with Crippen LogP contribution in [0, 0.1) is 0 Å². The summed E-state index contributed by atoms with van der Waals surface area (Å²) in [6.07, 6.45) is 4.43. The van der Waals surface area contributed by atoms with Crippen LogP contribution in [0.15, 0.2) is 42.5 Å². The molecule has 1 fully saturated rings. The summed E-state index contributed by atoms with van der Waals surface area (Å²) in [5.74, 6) is 1.26. The maximum absolute atomic E-state index is 12.5. The number of carbonyl (C=O) groups is 2. The van der Waals surface area contributed by atoms with E-state index in [1.165, 1.54) is 27.4 Å². The van der Waals surface area contributed by atoms with Crippen molar-refractivity contribution >= 4 is 29.3 Å². The van der Waals surface area contributed by atoms with E-state index in [0.717, 1.165) is 12.0 Å². The number of amides is 2. The third-order valence-electron chi connectivity index (χ3n) is 4.64. The zero-order chi connectivity index (χ0) is 20.8. The summed E-state index contributed by atoms with van der Waals surface area (Å²) in [7, 11) is 4.61. The first-order chi connectivity index (χ1) is 14.1. The number of hydrogen-bond acceptors (Lipinski definition) is 5. The van der Waals surface area contributed by atoms with Crippen molar-refractivity contribution in [2.75, 3.05) is 38.1 Å². The van der Waals surface area contributed by atoms with Gasteiger partial charge in [0.1, 0.15) is 0 Å². The number of methoxy groups -OCH3 is 3. The second-order valence-electron chi connectivity index (χ2n) is 6.45. The van der Waals surface area contributed by atoms with Crippen LogP contribution >= 0.6 is 0 Å². The zero-order valence-electron chi connectivity index (χ0n) is 16.7. The summed E-state index contributed by atoms with van der Waals surface area (Å²) in [6.45, 7) is 0.660. The van der Waals surface area contributed by atoms with Crippen molar-refractivity contribution in [3.8, 4) is 17.2 Å². The first-order valence-corrected chi connectivity index (χ1v) is 9.26. The topological polar surface area (TPSA) is 77.1 Å². The highest BCUT2D eigenvalue weighted by Gasteiger charge is 2.23. The molecule has 0 saturated carbocycles. The first kappa shape index (κ1) is 20.3. The molecule has 1 saturated heterocycles. The van der Waals surface area contributed by atoms with Gasteiger partial charge in [0.25, 0.3) is 0 Å². The van der Waals surface area contributed by atoms with Crippen LogP contribution < -0.4 is 24.4 Å². The highest BCUT2D eigenvalue weighted by atomic mass is 16.5. The van der Waals surface area contributed by atoms with Crippen LogP contribution in [-0.2, 0) is 9.59 Å². The van der Waals surface area contributed by atoms with Gasteiger partial charge in [-0.1, -0.05) is 12.1 Å². The summed E-state index contributed by atoms with van der Waals surface area (Å²) in [4.78, 5) is 26.2. The molecular formula is C22H24N2O5. The van der Waals surface area contributed by atoms with E-state index >= 15 is 0 Å². The molecule has 2 amide bonds. The van der Waals surface area contributed by atoms with Crippen LogP contribution in [0.4, 0.5) is 11.4 Å². The Bertz CT molecular complexity index is 914. The lowest BCUT2D eigenvalue weighted by molar-refractivity contribution is -0.117. The molecule has 0 aromatic heterocycles. The standard InChI is InChI=1S/C22H24N2O5/c1-27-18-13-15(14-19(28-2)22(18)29-3)10-11-20(25)23-16-7-4-5-8-17(16)24-12-6-9-21(24)26/h4-5,7-8,10-11,13-14H,6,9,12H2,1-3H3,(H,23,25)/b11-10+. The summed E-state index contributed by atoms with van der Waals surface area (Å²) >= 11 is 0. The van der Waals surface area contributed by atoms with Crippen LogP contribution in [0.1, 0.15) is 18.4 Å². The molecule has 1 aliphatic heterocycles. The van der Waals surface area contributed by atoms with Crippen molar-refractivity contribution in [1.29, 1.82) is 0 Å². The summed E-state index contributed by atoms with van der Waals surface area (Å²) in [5.41, 5.74) is 2.03. The highest BCUT2D eigenvalue weighted by molar-refractivity contribution is 6.06. The lowest BCUT2D eigenvalue weighted by atomic mass is 10.1. The number of carbonyl (C=O) groups excluding carboxylic acids is 2. The average molecular weight is 396 g/mol. The molecule has 7 nitrogen and oxygen atoms in total. The van der Waals surface area contributed by atoms with E-state index in [0.29, 0.717) is 41.6 Å². The van der Waals surface area contributed by atoms with E-state index < -0.39 is 0 Å². The van der Waals surface area contributed by atoms with Crippen LogP contribution in [-0.4, -0.2) is 39.7 Å².